The molecule has 1 aromatic carbocycles. The van der Waals surface area contributed by atoms with Crippen molar-refractivity contribution in [3.05, 3.63) is 92.1 Å². The van der Waals surface area contributed by atoms with Crippen LogP contribution in [-0.4, -0.2) is 40.9 Å². The van der Waals surface area contributed by atoms with Crippen molar-refractivity contribution in [2.24, 2.45) is 0 Å². The third-order valence-corrected chi connectivity index (χ3v) is 16.1. The summed E-state index contributed by atoms with van der Waals surface area (Å²) in [6.07, 6.45) is 16.8. The first-order valence-corrected chi connectivity index (χ1v) is 21.7. The molecule has 0 aliphatic carbocycles. The van der Waals surface area contributed by atoms with Crippen LogP contribution < -0.4 is 0 Å². The minimum absolute atomic E-state index is 0.213. The van der Waals surface area contributed by atoms with Crippen LogP contribution in [0.15, 0.2) is 52.6 Å². The Morgan fingerprint density at radius 1 is 0.786 bits per heavy atom. The molecule has 0 unspecified atom stereocenters. The van der Waals surface area contributed by atoms with Gasteiger partial charge in [-0.05, 0) is 0 Å². The van der Waals surface area contributed by atoms with Gasteiger partial charge in [-0.25, -0.2) is 0 Å². The van der Waals surface area contributed by atoms with E-state index in [0.29, 0.717) is 0 Å². The first-order valence-electron chi connectivity index (χ1n) is 15.2. The number of hydrogen-bond acceptors (Lipinski definition) is 3. The number of nitriles is 1. The van der Waals surface area contributed by atoms with Crippen molar-refractivity contribution in [1.82, 2.24) is 0 Å². The fourth-order valence-electron chi connectivity index (χ4n) is 5.49. The second-order valence-electron chi connectivity index (χ2n) is 11.0. The van der Waals surface area contributed by atoms with Gasteiger partial charge in [0.1, 0.15) is 0 Å². The molecule has 0 saturated carbocycles. The molecule has 4 aromatic heterocycles. The summed E-state index contributed by atoms with van der Waals surface area (Å²) in [5, 5.41) is 10.1. The second-order valence-corrected chi connectivity index (χ2v) is 19.5. The van der Waals surface area contributed by atoms with E-state index in [0.717, 1.165) is 43.2 Å². The van der Waals surface area contributed by atoms with Gasteiger partial charge in [-0.3, -0.25) is 0 Å². The van der Waals surface area contributed by atoms with Crippen molar-refractivity contribution in [3.63, 3.8) is 0 Å². The van der Waals surface area contributed by atoms with Crippen LogP contribution in [0.5, 0.6) is 0 Å². The van der Waals surface area contributed by atoms with Gasteiger partial charge in [-0.15, -0.1) is 0 Å². The first-order chi connectivity index (χ1) is 20.7. The van der Waals surface area contributed by atoms with Crippen molar-refractivity contribution in [3.8, 4) is 15.2 Å². The predicted octanol–water partition coefficient (Wildman–Crippen LogP) is 10.8. The third-order valence-electron chi connectivity index (χ3n) is 7.83. The Labute approximate surface area is 279 Å². The van der Waals surface area contributed by atoms with Crippen molar-refractivity contribution >= 4 is 78.6 Å². The van der Waals surface area contributed by atoms with Crippen LogP contribution in [0.2, 0.25) is 0 Å². The summed E-state index contributed by atoms with van der Waals surface area (Å²) in [6.45, 7) is 10.2. The average molecular weight is 818 g/mol. The molecule has 6 heteroatoms. The predicted molar refractivity (Wildman–Crippen MR) is 184 cm³/mol. The Morgan fingerprint density at radius 2 is 1.48 bits per heavy atom. The number of rotatable bonds is 16. The van der Waals surface area contributed by atoms with Crippen LogP contribution in [0, 0.1) is 17.9 Å². The van der Waals surface area contributed by atoms with Gasteiger partial charge in [-0.2, -0.15) is 0 Å². The standard InChI is InChI=1S/C36H38N2S2Te2/c1-3-4-5-6-7-8-9-10-11-12-14-26-16-18-27(19-17-26)33-21-20-29(42-33)24-31-30(25-37)35-36(39-31)34(38-2)32(40-35)23-28-15-13-22-41-28/h13,15-22H,3-12,14,23-24H2,1H3. The van der Waals surface area contributed by atoms with E-state index in [1.165, 1.54) is 92.5 Å². The van der Waals surface area contributed by atoms with Gasteiger partial charge in [0.25, 0.3) is 0 Å². The van der Waals surface area contributed by atoms with Gasteiger partial charge in [0.05, 0.1) is 0 Å². The van der Waals surface area contributed by atoms with Gasteiger partial charge in [0.15, 0.2) is 0 Å². The molecule has 5 aromatic rings. The van der Waals surface area contributed by atoms with Crippen LogP contribution >= 0.6 is 22.7 Å². The maximum absolute atomic E-state index is 10.1. The number of thiophene rings is 2. The zero-order valence-corrected chi connectivity index (χ0v) is 30.7. The van der Waals surface area contributed by atoms with Crippen LogP contribution in [0.3, 0.4) is 0 Å². The Balaban J connectivity index is 1.15. The summed E-state index contributed by atoms with van der Waals surface area (Å²) in [6, 6.07) is 20.8. The van der Waals surface area contributed by atoms with Crippen molar-refractivity contribution in [2.75, 3.05) is 0 Å². The summed E-state index contributed by atoms with van der Waals surface area (Å²) in [4.78, 5) is 6.22. The van der Waals surface area contributed by atoms with Gasteiger partial charge >= 0.3 is 249 Å². The Bertz CT molecular complexity index is 1640. The molecule has 0 fully saturated rings. The van der Waals surface area contributed by atoms with Gasteiger partial charge in [0, 0.05) is 0 Å². The molecule has 0 aliphatic heterocycles. The Hall–Kier alpha value is -1.60. The maximum atomic E-state index is 10.1. The zero-order valence-electron chi connectivity index (χ0n) is 24.4. The number of hydrogen-bond donors (Lipinski definition) is 0. The van der Waals surface area contributed by atoms with Crippen molar-refractivity contribution < 1.29 is 0 Å². The molecular weight excluding hydrogens is 780 g/mol. The SMILES string of the molecule is [C-]#[N+]c1c(Cc2ccc[te]2)sc2c(C#N)c(Cc3ccc(-c4ccc(CCCCCCCCCCCC)cc4)[te]3)sc12. The molecule has 0 aliphatic rings. The molecule has 0 amide bonds. The van der Waals surface area contributed by atoms with Crippen LogP contribution in [-0.2, 0) is 19.3 Å². The van der Waals surface area contributed by atoms with Crippen LogP contribution in [0.4, 0.5) is 5.69 Å². The van der Waals surface area contributed by atoms with Crippen LogP contribution in [0.25, 0.3) is 23.4 Å². The Kier molecular flexibility index (Phi) is 12.5. The molecule has 216 valence electrons. The van der Waals surface area contributed by atoms with Gasteiger partial charge < -0.3 is 0 Å². The first kappa shape index (κ1) is 31.8. The summed E-state index contributed by atoms with van der Waals surface area (Å²) in [5.74, 6) is 0. The summed E-state index contributed by atoms with van der Waals surface area (Å²) in [7, 11) is 0. The van der Waals surface area contributed by atoms with E-state index in [2.05, 4.69) is 70.5 Å². The Morgan fingerprint density at radius 3 is 2.14 bits per heavy atom. The summed E-state index contributed by atoms with van der Waals surface area (Å²) >= 11 is 2.70. The summed E-state index contributed by atoms with van der Waals surface area (Å²) < 4.78 is 8.81. The number of fused-ring (bicyclic) bond motifs is 1. The summed E-state index contributed by atoms with van der Waals surface area (Å²) in [5.41, 5.74) is 4.42. The molecular formula is C36H38N2S2Te2. The second kappa shape index (κ2) is 16.5. The topological polar surface area (TPSA) is 28.1 Å². The monoisotopic (exact) mass is 822 g/mol. The molecule has 2 nitrogen and oxygen atoms in total. The van der Waals surface area contributed by atoms with E-state index in [4.69, 9.17) is 6.57 Å². The molecule has 0 spiro atoms. The molecule has 4 heterocycles. The number of nitrogens with zero attached hydrogens (tertiary/aromatic N) is 2. The average Bonchev–Trinajstić information content (AvgIpc) is 3.80. The molecule has 0 bridgehead atoms. The van der Waals surface area contributed by atoms with Crippen molar-refractivity contribution in [1.29, 1.82) is 5.26 Å². The molecule has 0 radical (unpaired) electrons. The molecule has 0 N–H and O–H groups in total. The van der Waals surface area contributed by atoms with Crippen molar-refractivity contribution in [2.45, 2.75) is 90.4 Å². The number of benzene rings is 1. The number of unbranched alkanes of at least 4 members (excludes halogenated alkanes) is 9. The quantitative estimate of drug-likeness (QED) is 0.0554. The molecule has 5 rings (SSSR count). The van der Waals surface area contributed by atoms with E-state index >= 15 is 0 Å². The molecule has 0 atom stereocenters. The van der Waals surface area contributed by atoms with E-state index in [1.54, 1.807) is 22.7 Å². The fourth-order valence-corrected chi connectivity index (χ4v) is 13.8. The van der Waals surface area contributed by atoms with Crippen LogP contribution in [0.1, 0.15) is 99.2 Å². The fraction of sp³-hybridized carbons (Fsp3) is 0.389. The molecule has 0 saturated heterocycles. The number of aryl methyl sites for hydroxylation is 1. The molecule has 42 heavy (non-hydrogen) atoms. The van der Waals surface area contributed by atoms with E-state index in [9.17, 15) is 5.26 Å². The zero-order chi connectivity index (χ0) is 29.1. The minimum atomic E-state index is -0.452. The van der Waals surface area contributed by atoms with Gasteiger partial charge in [0.2, 0.25) is 0 Å². The van der Waals surface area contributed by atoms with E-state index in [-0.39, 0.29) is 20.4 Å². The van der Waals surface area contributed by atoms with Gasteiger partial charge in [-0.1, -0.05) is 32.6 Å². The van der Waals surface area contributed by atoms with E-state index in [1.807, 2.05) is 0 Å². The normalized spacial score (nSPS) is 11.2. The third kappa shape index (κ3) is 8.31. The van der Waals surface area contributed by atoms with E-state index < -0.39 is 20.4 Å².